The van der Waals surface area contributed by atoms with Crippen molar-refractivity contribution in [2.45, 2.75) is 25.4 Å². The molecule has 3 aromatic rings. The summed E-state index contributed by atoms with van der Waals surface area (Å²) in [6.07, 6.45) is 8.10. The first-order valence-electron chi connectivity index (χ1n) is 7.05. The maximum atomic E-state index is 5.67. The van der Waals surface area contributed by atoms with Crippen LogP contribution in [0.2, 0.25) is 0 Å². The van der Waals surface area contributed by atoms with Gasteiger partial charge in [-0.25, -0.2) is 0 Å². The normalized spacial score (nSPS) is 14.8. The van der Waals surface area contributed by atoms with Crippen molar-refractivity contribution in [3.05, 3.63) is 54.7 Å². The Morgan fingerprint density at radius 3 is 3.00 bits per heavy atom. The first-order valence-corrected chi connectivity index (χ1v) is 7.05. The predicted octanol–water partition coefficient (Wildman–Crippen LogP) is 3.75. The summed E-state index contributed by atoms with van der Waals surface area (Å²) in [6, 6.07) is 11.1. The summed E-state index contributed by atoms with van der Waals surface area (Å²) >= 11 is 0. The van der Waals surface area contributed by atoms with Gasteiger partial charge in [0.2, 0.25) is 0 Å². The van der Waals surface area contributed by atoms with E-state index in [1.54, 1.807) is 6.26 Å². The van der Waals surface area contributed by atoms with Crippen LogP contribution in [0, 0.1) is 0 Å². The van der Waals surface area contributed by atoms with Crippen molar-refractivity contribution in [1.82, 2.24) is 10.3 Å². The Morgan fingerprint density at radius 2 is 2.10 bits per heavy atom. The SMILES string of the molecule is c1cc(-c2ccoc2CNC2CC2)c2ccncc2c1. The lowest BCUT2D eigenvalue weighted by molar-refractivity contribution is 0.483. The van der Waals surface area contributed by atoms with Crippen LogP contribution in [-0.4, -0.2) is 11.0 Å². The second-order valence-electron chi connectivity index (χ2n) is 5.32. The third-order valence-corrected chi connectivity index (χ3v) is 3.84. The minimum atomic E-state index is 0.685. The van der Waals surface area contributed by atoms with Gasteiger partial charge in [0.25, 0.3) is 0 Å². The predicted molar refractivity (Wildman–Crippen MR) is 79.3 cm³/mol. The van der Waals surface area contributed by atoms with Gasteiger partial charge in [-0.05, 0) is 35.9 Å². The quantitative estimate of drug-likeness (QED) is 0.780. The van der Waals surface area contributed by atoms with Crippen molar-refractivity contribution in [1.29, 1.82) is 0 Å². The number of nitrogens with zero attached hydrogens (tertiary/aromatic N) is 1. The fraction of sp³-hybridized carbons (Fsp3) is 0.235. The van der Waals surface area contributed by atoms with E-state index >= 15 is 0 Å². The van der Waals surface area contributed by atoms with Crippen LogP contribution in [0.1, 0.15) is 18.6 Å². The number of fused-ring (bicyclic) bond motifs is 1. The van der Waals surface area contributed by atoms with Crippen molar-refractivity contribution >= 4 is 10.8 Å². The number of hydrogen-bond donors (Lipinski definition) is 1. The number of nitrogens with one attached hydrogen (secondary N) is 1. The topological polar surface area (TPSA) is 38.1 Å². The third-order valence-electron chi connectivity index (χ3n) is 3.84. The second-order valence-corrected chi connectivity index (χ2v) is 5.32. The molecule has 20 heavy (non-hydrogen) atoms. The number of aromatic nitrogens is 1. The summed E-state index contributed by atoms with van der Waals surface area (Å²) in [6.45, 7) is 0.800. The van der Waals surface area contributed by atoms with Gasteiger partial charge >= 0.3 is 0 Å². The molecule has 0 atom stereocenters. The van der Waals surface area contributed by atoms with Crippen LogP contribution in [0.15, 0.2) is 53.4 Å². The fourth-order valence-electron chi connectivity index (χ4n) is 2.60. The van der Waals surface area contributed by atoms with Crippen LogP contribution >= 0.6 is 0 Å². The second kappa shape index (κ2) is 4.76. The Morgan fingerprint density at radius 1 is 1.15 bits per heavy atom. The monoisotopic (exact) mass is 264 g/mol. The molecular formula is C17H16N2O. The van der Waals surface area contributed by atoms with Crippen LogP contribution in [0.4, 0.5) is 0 Å². The van der Waals surface area contributed by atoms with Gasteiger partial charge in [0, 0.05) is 29.4 Å². The molecule has 0 unspecified atom stereocenters. The number of hydrogen-bond acceptors (Lipinski definition) is 3. The zero-order valence-corrected chi connectivity index (χ0v) is 11.2. The molecule has 4 rings (SSSR count). The number of furan rings is 1. The average Bonchev–Trinajstić information content (AvgIpc) is 3.21. The van der Waals surface area contributed by atoms with Crippen LogP contribution < -0.4 is 5.32 Å². The molecule has 1 saturated carbocycles. The van der Waals surface area contributed by atoms with Crippen molar-refractivity contribution in [3.63, 3.8) is 0 Å². The van der Waals surface area contributed by atoms with Gasteiger partial charge in [0.15, 0.2) is 0 Å². The Hall–Kier alpha value is -2.13. The third kappa shape index (κ3) is 2.10. The standard InChI is InChI=1S/C17H16N2O/c1-2-12-10-18-8-6-14(12)15(3-1)16-7-9-20-17(16)11-19-13-4-5-13/h1-3,6-10,13,19H,4-5,11H2. The molecule has 0 aliphatic heterocycles. The van der Waals surface area contributed by atoms with Crippen LogP contribution in [0.25, 0.3) is 21.9 Å². The highest BCUT2D eigenvalue weighted by molar-refractivity contribution is 5.96. The summed E-state index contributed by atoms with van der Waals surface area (Å²) < 4.78 is 5.67. The lowest BCUT2D eigenvalue weighted by Gasteiger charge is -2.07. The molecule has 2 heterocycles. The number of benzene rings is 1. The van der Waals surface area contributed by atoms with Crippen molar-refractivity contribution in [2.75, 3.05) is 0 Å². The largest absolute Gasteiger partial charge is 0.467 e. The highest BCUT2D eigenvalue weighted by Gasteiger charge is 2.21. The van der Waals surface area contributed by atoms with E-state index in [-0.39, 0.29) is 0 Å². The van der Waals surface area contributed by atoms with E-state index in [0.717, 1.165) is 17.7 Å². The fourth-order valence-corrected chi connectivity index (χ4v) is 2.60. The minimum Gasteiger partial charge on any atom is -0.467 e. The van der Waals surface area contributed by atoms with Gasteiger partial charge in [-0.15, -0.1) is 0 Å². The van der Waals surface area contributed by atoms with Crippen molar-refractivity contribution < 1.29 is 4.42 Å². The molecule has 1 aliphatic rings. The maximum Gasteiger partial charge on any atom is 0.125 e. The summed E-state index contributed by atoms with van der Waals surface area (Å²) in [4.78, 5) is 4.19. The van der Waals surface area contributed by atoms with Gasteiger partial charge in [-0.3, -0.25) is 4.98 Å². The van der Waals surface area contributed by atoms with E-state index < -0.39 is 0 Å². The molecule has 0 saturated heterocycles. The smallest absolute Gasteiger partial charge is 0.125 e. The summed E-state index contributed by atoms with van der Waals surface area (Å²) in [5, 5.41) is 5.89. The van der Waals surface area contributed by atoms with Gasteiger partial charge in [0.05, 0.1) is 12.8 Å². The van der Waals surface area contributed by atoms with Crippen molar-refractivity contribution in [2.24, 2.45) is 0 Å². The molecule has 3 heteroatoms. The maximum absolute atomic E-state index is 5.67. The van der Waals surface area contributed by atoms with E-state index in [0.29, 0.717) is 6.04 Å². The lowest BCUT2D eigenvalue weighted by Crippen LogP contribution is -2.15. The van der Waals surface area contributed by atoms with Gasteiger partial charge in [-0.1, -0.05) is 18.2 Å². The minimum absolute atomic E-state index is 0.685. The first kappa shape index (κ1) is 11.7. The van der Waals surface area contributed by atoms with Crippen LogP contribution in [0.3, 0.4) is 0 Å². The average molecular weight is 264 g/mol. The van der Waals surface area contributed by atoms with E-state index in [1.165, 1.54) is 29.4 Å². The Kier molecular flexibility index (Phi) is 2.78. The van der Waals surface area contributed by atoms with E-state index in [2.05, 4.69) is 40.6 Å². The molecule has 0 amide bonds. The Balaban J connectivity index is 1.76. The molecule has 0 bridgehead atoms. The van der Waals surface area contributed by atoms with E-state index in [1.807, 2.05) is 12.4 Å². The van der Waals surface area contributed by atoms with Gasteiger partial charge in [-0.2, -0.15) is 0 Å². The molecule has 1 aromatic carbocycles. The summed E-state index contributed by atoms with van der Waals surface area (Å²) in [5.41, 5.74) is 2.39. The number of rotatable bonds is 4. The molecule has 1 aliphatic carbocycles. The molecule has 1 N–H and O–H groups in total. The summed E-state index contributed by atoms with van der Waals surface area (Å²) in [7, 11) is 0. The molecule has 0 radical (unpaired) electrons. The van der Waals surface area contributed by atoms with Crippen molar-refractivity contribution in [3.8, 4) is 11.1 Å². The zero-order valence-electron chi connectivity index (χ0n) is 11.2. The molecular weight excluding hydrogens is 248 g/mol. The zero-order chi connectivity index (χ0) is 13.4. The first-order chi connectivity index (χ1) is 9.92. The van der Waals surface area contributed by atoms with Gasteiger partial charge in [0.1, 0.15) is 5.76 Å². The Labute approximate surface area is 117 Å². The highest BCUT2D eigenvalue weighted by Crippen LogP contribution is 2.31. The van der Waals surface area contributed by atoms with E-state index in [4.69, 9.17) is 4.42 Å². The van der Waals surface area contributed by atoms with Gasteiger partial charge < -0.3 is 9.73 Å². The van der Waals surface area contributed by atoms with Crippen LogP contribution in [0.5, 0.6) is 0 Å². The molecule has 100 valence electrons. The molecule has 3 nitrogen and oxygen atoms in total. The van der Waals surface area contributed by atoms with E-state index in [9.17, 15) is 0 Å². The molecule has 1 fully saturated rings. The summed E-state index contributed by atoms with van der Waals surface area (Å²) in [5.74, 6) is 1.02. The molecule has 0 spiro atoms. The highest BCUT2D eigenvalue weighted by atomic mass is 16.3. The number of pyridine rings is 1. The Bertz CT molecular complexity index is 738. The molecule has 2 aromatic heterocycles. The van der Waals surface area contributed by atoms with Crippen LogP contribution in [-0.2, 0) is 6.54 Å². The lowest BCUT2D eigenvalue weighted by atomic mass is 10.00.